The van der Waals surface area contributed by atoms with Gasteiger partial charge in [-0.1, -0.05) is 36.4 Å². The first kappa shape index (κ1) is 20.6. The molecule has 1 unspecified atom stereocenters. The molecule has 5 heteroatoms. The lowest BCUT2D eigenvalue weighted by molar-refractivity contribution is 0.0989. The van der Waals surface area contributed by atoms with Gasteiger partial charge < -0.3 is 4.98 Å². The van der Waals surface area contributed by atoms with Crippen molar-refractivity contribution in [2.45, 2.75) is 25.3 Å². The summed E-state index contributed by atoms with van der Waals surface area (Å²) in [5.74, 6) is -1.07. The summed E-state index contributed by atoms with van der Waals surface area (Å²) < 4.78 is 26.9. The Bertz CT molecular complexity index is 1250. The summed E-state index contributed by atoms with van der Waals surface area (Å²) in [4.78, 5) is 18.3. The van der Waals surface area contributed by atoms with Crippen LogP contribution in [0.4, 0.5) is 8.78 Å². The first-order valence-corrected chi connectivity index (χ1v) is 10.9. The smallest absolute Gasteiger partial charge is 0.183 e. The summed E-state index contributed by atoms with van der Waals surface area (Å²) in [7, 11) is 0. The van der Waals surface area contributed by atoms with Crippen LogP contribution in [0.2, 0.25) is 0 Å². The number of aromatic nitrogens is 1. The first-order chi connectivity index (χ1) is 15.5. The highest BCUT2D eigenvalue weighted by Gasteiger charge is 2.24. The average Bonchev–Trinajstić information content (AvgIpc) is 3.40. The molecule has 1 aliphatic rings. The van der Waals surface area contributed by atoms with Crippen LogP contribution in [0.1, 0.15) is 39.5 Å². The van der Waals surface area contributed by atoms with E-state index in [2.05, 4.69) is 46.3 Å². The number of ketones is 1. The SMILES string of the molecule is O=C(Cc1cc(F)cc(F)c1)c1cc2cc(C3CCN(Cc4ccccc4)C3)ccc2[nH]1. The second-order valence-electron chi connectivity index (χ2n) is 8.61. The van der Waals surface area contributed by atoms with Crippen molar-refractivity contribution in [1.82, 2.24) is 9.88 Å². The quantitative estimate of drug-likeness (QED) is 0.389. The van der Waals surface area contributed by atoms with Gasteiger partial charge in [-0.2, -0.15) is 0 Å². The topological polar surface area (TPSA) is 36.1 Å². The summed E-state index contributed by atoms with van der Waals surface area (Å²) in [6.45, 7) is 3.05. The highest BCUT2D eigenvalue weighted by atomic mass is 19.1. The average molecular weight is 430 g/mol. The fraction of sp³-hybridized carbons (Fsp3) is 0.222. The van der Waals surface area contributed by atoms with E-state index in [1.807, 2.05) is 18.2 Å². The lowest BCUT2D eigenvalue weighted by atomic mass is 9.97. The van der Waals surface area contributed by atoms with Gasteiger partial charge in [0.15, 0.2) is 5.78 Å². The molecule has 1 aromatic heterocycles. The highest BCUT2D eigenvalue weighted by Crippen LogP contribution is 2.30. The molecule has 1 aliphatic heterocycles. The zero-order chi connectivity index (χ0) is 22.1. The zero-order valence-electron chi connectivity index (χ0n) is 17.7. The Morgan fingerprint density at radius 1 is 0.938 bits per heavy atom. The van der Waals surface area contributed by atoms with E-state index in [0.717, 1.165) is 43.0 Å². The lowest BCUT2D eigenvalue weighted by Crippen LogP contribution is -2.19. The summed E-state index contributed by atoms with van der Waals surface area (Å²) in [6, 6.07) is 21.9. The van der Waals surface area contributed by atoms with Crippen LogP contribution in [0.25, 0.3) is 10.9 Å². The van der Waals surface area contributed by atoms with Crippen molar-refractivity contribution < 1.29 is 13.6 Å². The minimum absolute atomic E-state index is 0.0502. The maximum atomic E-state index is 13.4. The molecule has 0 saturated carbocycles. The summed E-state index contributed by atoms with van der Waals surface area (Å²) in [5.41, 5.74) is 4.28. The number of halogens is 2. The molecular formula is C27H24F2N2O. The van der Waals surface area contributed by atoms with E-state index in [1.165, 1.54) is 23.3 Å². The van der Waals surface area contributed by atoms with Gasteiger partial charge in [0.05, 0.1) is 5.69 Å². The third-order valence-corrected chi connectivity index (χ3v) is 6.23. The molecule has 0 radical (unpaired) electrons. The fourth-order valence-corrected chi connectivity index (χ4v) is 4.64. The molecule has 0 aliphatic carbocycles. The molecule has 0 amide bonds. The Morgan fingerprint density at radius 3 is 2.50 bits per heavy atom. The second-order valence-corrected chi connectivity index (χ2v) is 8.61. The van der Waals surface area contributed by atoms with Crippen LogP contribution in [0.5, 0.6) is 0 Å². The number of H-pyrrole nitrogens is 1. The maximum absolute atomic E-state index is 13.4. The van der Waals surface area contributed by atoms with Gasteiger partial charge in [0.2, 0.25) is 0 Å². The number of aromatic amines is 1. The third-order valence-electron chi connectivity index (χ3n) is 6.23. The van der Waals surface area contributed by atoms with E-state index in [9.17, 15) is 13.6 Å². The number of fused-ring (bicyclic) bond motifs is 1. The number of hydrogen-bond donors (Lipinski definition) is 1. The van der Waals surface area contributed by atoms with Crippen LogP contribution in [-0.2, 0) is 13.0 Å². The zero-order valence-corrected chi connectivity index (χ0v) is 17.7. The normalized spacial score (nSPS) is 16.6. The summed E-state index contributed by atoms with van der Waals surface area (Å²) in [6.07, 6.45) is 1.06. The molecule has 2 heterocycles. The van der Waals surface area contributed by atoms with Crippen molar-refractivity contribution in [3.8, 4) is 0 Å². The molecule has 3 nitrogen and oxygen atoms in total. The van der Waals surface area contributed by atoms with E-state index in [-0.39, 0.29) is 12.2 Å². The van der Waals surface area contributed by atoms with E-state index in [1.54, 1.807) is 0 Å². The molecule has 3 aromatic carbocycles. The van der Waals surface area contributed by atoms with Gasteiger partial charge in [-0.25, -0.2) is 8.78 Å². The van der Waals surface area contributed by atoms with Crippen molar-refractivity contribution in [2.75, 3.05) is 13.1 Å². The number of rotatable bonds is 6. The number of carbonyl (C=O) groups excluding carboxylic acids is 1. The maximum Gasteiger partial charge on any atom is 0.183 e. The van der Waals surface area contributed by atoms with Crippen molar-refractivity contribution in [1.29, 1.82) is 0 Å². The second kappa shape index (κ2) is 8.67. The molecule has 1 atom stereocenters. The summed E-state index contributed by atoms with van der Waals surface area (Å²) in [5, 5.41) is 0.984. The van der Waals surface area contributed by atoms with Crippen molar-refractivity contribution >= 4 is 16.7 Å². The van der Waals surface area contributed by atoms with Crippen LogP contribution in [0.3, 0.4) is 0 Å². The monoisotopic (exact) mass is 430 g/mol. The highest BCUT2D eigenvalue weighted by molar-refractivity contribution is 6.00. The molecule has 1 saturated heterocycles. The molecule has 32 heavy (non-hydrogen) atoms. The van der Waals surface area contributed by atoms with Gasteiger partial charge in [0.1, 0.15) is 11.6 Å². The predicted octanol–water partition coefficient (Wildman–Crippen LogP) is 5.86. The Balaban J connectivity index is 1.29. The minimum Gasteiger partial charge on any atom is -0.352 e. The van der Waals surface area contributed by atoms with Gasteiger partial charge in [0, 0.05) is 36.5 Å². The molecular weight excluding hydrogens is 406 g/mol. The lowest BCUT2D eigenvalue weighted by Gasteiger charge is -2.16. The van der Waals surface area contributed by atoms with Gasteiger partial charge in [-0.15, -0.1) is 0 Å². The number of nitrogens with one attached hydrogen (secondary N) is 1. The van der Waals surface area contributed by atoms with E-state index in [4.69, 9.17) is 0 Å². The van der Waals surface area contributed by atoms with E-state index < -0.39 is 11.6 Å². The molecule has 1 fully saturated rings. The third kappa shape index (κ3) is 4.48. The van der Waals surface area contributed by atoms with Crippen LogP contribution >= 0.6 is 0 Å². The standard InChI is InChI=1S/C27H24F2N2O/c28-23-10-19(11-24(29)15-23)12-27(32)26-14-22-13-20(6-7-25(22)30-26)21-8-9-31(17-21)16-18-4-2-1-3-5-18/h1-7,10-11,13-15,21,30H,8-9,12,16-17H2. The van der Waals surface area contributed by atoms with Crippen molar-refractivity contribution in [2.24, 2.45) is 0 Å². The van der Waals surface area contributed by atoms with Gasteiger partial charge in [-0.05, 0) is 65.9 Å². The van der Waals surface area contributed by atoms with E-state index in [0.29, 0.717) is 17.2 Å². The van der Waals surface area contributed by atoms with Crippen molar-refractivity contribution in [3.63, 3.8) is 0 Å². The number of likely N-dealkylation sites (tertiary alicyclic amines) is 1. The van der Waals surface area contributed by atoms with E-state index >= 15 is 0 Å². The predicted molar refractivity (Wildman–Crippen MR) is 122 cm³/mol. The van der Waals surface area contributed by atoms with Gasteiger partial charge in [0.25, 0.3) is 0 Å². The Morgan fingerprint density at radius 2 is 1.72 bits per heavy atom. The van der Waals surface area contributed by atoms with Crippen LogP contribution in [0.15, 0.2) is 72.8 Å². The van der Waals surface area contributed by atoms with Crippen LogP contribution in [-0.4, -0.2) is 28.8 Å². The fourth-order valence-electron chi connectivity index (χ4n) is 4.64. The molecule has 0 bridgehead atoms. The number of Topliss-reactive ketones (excluding diaryl/α,β-unsaturated/α-hetero) is 1. The van der Waals surface area contributed by atoms with Crippen LogP contribution in [0, 0.1) is 11.6 Å². The van der Waals surface area contributed by atoms with Gasteiger partial charge in [-0.3, -0.25) is 9.69 Å². The first-order valence-electron chi connectivity index (χ1n) is 10.9. The molecule has 162 valence electrons. The Kier molecular flexibility index (Phi) is 5.58. The number of nitrogens with zero attached hydrogens (tertiary/aromatic N) is 1. The Labute approximate surface area is 185 Å². The summed E-state index contributed by atoms with van der Waals surface area (Å²) >= 11 is 0. The Hall–Kier alpha value is -3.31. The molecule has 0 spiro atoms. The van der Waals surface area contributed by atoms with Crippen LogP contribution < -0.4 is 0 Å². The minimum atomic E-state index is -0.674. The number of benzene rings is 3. The largest absolute Gasteiger partial charge is 0.352 e. The number of hydrogen-bond acceptors (Lipinski definition) is 2. The van der Waals surface area contributed by atoms with Crippen molar-refractivity contribution in [3.05, 3.63) is 107 Å². The molecule has 1 N–H and O–H groups in total. The van der Waals surface area contributed by atoms with Gasteiger partial charge >= 0.3 is 0 Å². The molecule has 4 aromatic rings. The number of carbonyl (C=O) groups is 1. The molecule has 5 rings (SSSR count).